The molecule has 1 aromatic carbocycles. The first-order chi connectivity index (χ1) is 7.19. The highest BCUT2D eigenvalue weighted by Gasteiger charge is 2.03. The Balaban J connectivity index is 2.93. The first kappa shape index (κ1) is 11.8. The van der Waals surface area contributed by atoms with Gasteiger partial charge in [0, 0.05) is 7.11 Å². The fraction of sp³-hybridized carbons (Fsp3) is 0.385. The first-order valence-corrected chi connectivity index (χ1v) is 5.09. The molecule has 0 saturated carbocycles. The predicted molar refractivity (Wildman–Crippen MR) is 63.0 cm³/mol. The number of aryl methyl sites for hydroxylation is 1. The van der Waals surface area contributed by atoms with Crippen LogP contribution >= 0.6 is 0 Å². The normalized spacial score (nSPS) is 10.1. The number of hydrogen-bond donors (Lipinski definition) is 0. The van der Waals surface area contributed by atoms with Crippen molar-refractivity contribution in [2.75, 3.05) is 13.9 Å². The maximum Gasteiger partial charge on any atom is 0.188 e. The summed E-state index contributed by atoms with van der Waals surface area (Å²) in [5.41, 5.74) is 3.42. The van der Waals surface area contributed by atoms with E-state index in [1.165, 1.54) is 5.56 Å². The average molecular weight is 206 g/mol. The van der Waals surface area contributed by atoms with Crippen molar-refractivity contribution in [3.8, 4) is 5.75 Å². The molecule has 2 heteroatoms. The van der Waals surface area contributed by atoms with Crippen LogP contribution in [0.5, 0.6) is 5.75 Å². The number of ether oxygens (including phenoxy) is 2. The fourth-order valence-electron chi connectivity index (χ4n) is 1.38. The highest BCUT2D eigenvalue weighted by atomic mass is 16.7. The minimum absolute atomic E-state index is 0.291. The minimum Gasteiger partial charge on any atom is -0.467 e. The first-order valence-electron chi connectivity index (χ1n) is 5.09. The van der Waals surface area contributed by atoms with Crippen LogP contribution in [0.1, 0.15) is 25.0 Å². The summed E-state index contributed by atoms with van der Waals surface area (Å²) in [5, 5.41) is 0. The second-order valence-electron chi connectivity index (χ2n) is 3.51. The molecular weight excluding hydrogens is 188 g/mol. The van der Waals surface area contributed by atoms with E-state index in [2.05, 4.69) is 19.6 Å². The van der Waals surface area contributed by atoms with Gasteiger partial charge in [-0.15, -0.1) is 0 Å². The smallest absolute Gasteiger partial charge is 0.188 e. The zero-order valence-corrected chi connectivity index (χ0v) is 9.67. The predicted octanol–water partition coefficient (Wildman–Crippen LogP) is 3.26. The van der Waals surface area contributed by atoms with Crippen LogP contribution in [0.25, 0.3) is 5.57 Å². The van der Waals surface area contributed by atoms with Gasteiger partial charge in [-0.2, -0.15) is 0 Å². The van der Waals surface area contributed by atoms with Gasteiger partial charge in [-0.3, -0.25) is 0 Å². The van der Waals surface area contributed by atoms with Crippen molar-refractivity contribution in [2.24, 2.45) is 0 Å². The number of benzene rings is 1. The molecule has 0 unspecified atom stereocenters. The standard InChI is InChI=1S/C13H18O2/c1-5-11-8-12(10(2)3)6-7-13(11)15-9-14-4/h6-8H,2,5,9H2,1,3-4H3. The molecule has 0 atom stereocenters. The molecule has 0 N–H and O–H groups in total. The van der Waals surface area contributed by atoms with Crippen LogP contribution in [-0.4, -0.2) is 13.9 Å². The third kappa shape index (κ3) is 3.10. The van der Waals surface area contributed by atoms with Gasteiger partial charge in [0.25, 0.3) is 0 Å². The molecule has 1 aromatic rings. The number of methoxy groups -OCH3 is 1. The Morgan fingerprint density at radius 2 is 2.13 bits per heavy atom. The van der Waals surface area contributed by atoms with Gasteiger partial charge in [0.1, 0.15) is 5.75 Å². The minimum atomic E-state index is 0.291. The van der Waals surface area contributed by atoms with Crippen molar-refractivity contribution in [2.45, 2.75) is 20.3 Å². The summed E-state index contributed by atoms with van der Waals surface area (Å²) in [5.74, 6) is 0.893. The molecule has 0 amide bonds. The van der Waals surface area contributed by atoms with Gasteiger partial charge >= 0.3 is 0 Å². The number of allylic oxidation sites excluding steroid dienone is 1. The second-order valence-corrected chi connectivity index (χ2v) is 3.51. The Hall–Kier alpha value is -1.28. The van der Waals surface area contributed by atoms with Crippen LogP contribution in [0, 0.1) is 0 Å². The molecule has 0 aliphatic heterocycles. The number of hydrogen-bond acceptors (Lipinski definition) is 2. The lowest BCUT2D eigenvalue weighted by Gasteiger charge is -2.11. The molecule has 15 heavy (non-hydrogen) atoms. The average Bonchev–Trinajstić information content (AvgIpc) is 2.25. The monoisotopic (exact) mass is 206 g/mol. The van der Waals surface area contributed by atoms with Gasteiger partial charge in [-0.05, 0) is 36.6 Å². The Morgan fingerprint density at radius 3 is 2.67 bits per heavy atom. The van der Waals surface area contributed by atoms with E-state index in [0.29, 0.717) is 6.79 Å². The highest BCUT2D eigenvalue weighted by Crippen LogP contribution is 2.23. The molecule has 0 aliphatic rings. The third-order valence-electron chi connectivity index (χ3n) is 2.27. The third-order valence-corrected chi connectivity index (χ3v) is 2.27. The van der Waals surface area contributed by atoms with E-state index in [1.54, 1.807) is 7.11 Å². The Labute approximate surface area is 91.5 Å². The highest BCUT2D eigenvalue weighted by molar-refractivity contribution is 5.63. The topological polar surface area (TPSA) is 18.5 Å². The molecule has 2 nitrogen and oxygen atoms in total. The maximum atomic E-state index is 5.46. The molecule has 0 aromatic heterocycles. The van der Waals surface area contributed by atoms with E-state index in [1.807, 2.05) is 19.1 Å². The summed E-state index contributed by atoms with van der Waals surface area (Å²) in [6.45, 7) is 8.33. The molecule has 0 bridgehead atoms. The van der Waals surface area contributed by atoms with Crippen LogP contribution in [0.2, 0.25) is 0 Å². The zero-order valence-electron chi connectivity index (χ0n) is 9.67. The van der Waals surface area contributed by atoms with E-state index < -0.39 is 0 Å². The molecule has 82 valence electrons. The molecule has 0 spiro atoms. The van der Waals surface area contributed by atoms with Crippen molar-refractivity contribution in [3.05, 3.63) is 35.9 Å². The lowest BCUT2D eigenvalue weighted by Crippen LogP contribution is -2.01. The Bertz CT molecular complexity index is 342. The van der Waals surface area contributed by atoms with E-state index >= 15 is 0 Å². The van der Waals surface area contributed by atoms with Crippen LogP contribution < -0.4 is 4.74 Å². The molecule has 0 saturated heterocycles. The van der Waals surface area contributed by atoms with Gasteiger partial charge in [0.15, 0.2) is 6.79 Å². The van der Waals surface area contributed by atoms with Crippen LogP contribution in [-0.2, 0) is 11.2 Å². The Morgan fingerprint density at radius 1 is 1.40 bits per heavy atom. The zero-order chi connectivity index (χ0) is 11.3. The number of rotatable bonds is 5. The molecular formula is C13H18O2. The van der Waals surface area contributed by atoms with Crippen molar-refractivity contribution in [3.63, 3.8) is 0 Å². The van der Waals surface area contributed by atoms with E-state index in [0.717, 1.165) is 23.3 Å². The summed E-state index contributed by atoms with van der Waals surface area (Å²) in [7, 11) is 1.62. The molecule has 0 fully saturated rings. The van der Waals surface area contributed by atoms with Crippen molar-refractivity contribution in [1.29, 1.82) is 0 Å². The maximum absolute atomic E-state index is 5.46. The van der Waals surface area contributed by atoms with Gasteiger partial charge in [0.2, 0.25) is 0 Å². The van der Waals surface area contributed by atoms with Crippen LogP contribution in [0.4, 0.5) is 0 Å². The van der Waals surface area contributed by atoms with Gasteiger partial charge in [-0.1, -0.05) is 25.1 Å². The Kier molecular flexibility index (Phi) is 4.37. The summed E-state index contributed by atoms with van der Waals surface area (Å²) in [6, 6.07) is 6.11. The molecule has 0 heterocycles. The molecule has 1 rings (SSSR count). The van der Waals surface area contributed by atoms with Gasteiger partial charge < -0.3 is 9.47 Å². The lowest BCUT2D eigenvalue weighted by molar-refractivity contribution is 0.0504. The van der Waals surface area contributed by atoms with Crippen molar-refractivity contribution in [1.82, 2.24) is 0 Å². The van der Waals surface area contributed by atoms with Gasteiger partial charge in [-0.25, -0.2) is 0 Å². The molecule has 0 aliphatic carbocycles. The SMILES string of the molecule is C=C(C)c1ccc(OCOC)c(CC)c1. The second kappa shape index (κ2) is 5.56. The summed E-state index contributed by atoms with van der Waals surface area (Å²) >= 11 is 0. The van der Waals surface area contributed by atoms with Crippen LogP contribution in [0.3, 0.4) is 0 Å². The molecule has 0 radical (unpaired) electrons. The van der Waals surface area contributed by atoms with Crippen LogP contribution in [0.15, 0.2) is 24.8 Å². The van der Waals surface area contributed by atoms with E-state index in [-0.39, 0.29) is 0 Å². The van der Waals surface area contributed by atoms with E-state index in [9.17, 15) is 0 Å². The van der Waals surface area contributed by atoms with Crippen molar-refractivity contribution >= 4 is 5.57 Å². The summed E-state index contributed by atoms with van der Waals surface area (Å²) < 4.78 is 10.3. The van der Waals surface area contributed by atoms with Gasteiger partial charge in [0.05, 0.1) is 0 Å². The van der Waals surface area contributed by atoms with Crippen molar-refractivity contribution < 1.29 is 9.47 Å². The summed E-state index contributed by atoms with van der Waals surface area (Å²) in [4.78, 5) is 0. The lowest BCUT2D eigenvalue weighted by atomic mass is 10.0. The summed E-state index contributed by atoms with van der Waals surface area (Å²) in [6.07, 6.45) is 0.945. The van der Waals surface area contributed by atoms with E-state index in [4.69, 9.17) is 9.47 Å². The largest absolute Gasteiger partial charge is 0.467 e. The quantitative estimate of drug-likeness (QED) is 0.688. The fourth-order valence-corrected chi connectivity index (χ4v) is 1.38.